The lowest BCUT2D eigenvalue weighted by atomic mass is 10.2. The Hall–Kier alpha value is -3.83. The first-order valence-corrected chi connectivity index (χ1v) is 16.0. The number of carbonyl (C=O) groups excluding carboxylic acids is 2. The van der Waals surface area contributed by atoms with Crippen molar-refractivity contribution in [2.45, 2.75) is 16.6 Å². The molecule has 2 amide bonds. The largest absolute Gasteiger partial charge is 0.495 e. The fourth-order valence-electron chi connectivity index (χ4n) is 4.11. The van der Waals surface area contributed by atoms with Crippen LogP contribution >= 0.6 is 23.1 Å². The van der Waals surface area contributed by atoms with Crippen LogP contribution in [-0.4, -0.2) is 83.5 Å². The molecule has 2 aromatic heterocycles. The molecule has 0 bridgehead atoms. The van der Waals surface area contributed by atoms with E-state index < -0.39 is 15.9 Å². The summed E-state index contributed by atoms with van der Waals surface area (Å²) in [5.41, 5.74) is 0.919. The third-order valence-electron chi connectivity index (χ3n) is 6.17. The summed E-state index contributed by atoms with van der Waals surface area (Å²) in [5, 5.41) is 16.8. The van der Waals surface area contributed by atoms with Crippen molar-refractivity contribution in [1.29, 1.82) is 0 Å². The first-order chi connectivity index (χ1) is 20.4. The highest BCUT2D eigenvalue weighted by Gasteiger charge is 2.26. The van der Waals surface area contributed by atoms with Gasteiger partial charge in [0.15, 0.2) is 16.1 Å². The van der Waals surface area contributed by atoms with Gasteiger partial charge in [0.25, 0.3) is 5.91 Å². The molecule has 2 N–H and O–H groups in total. The predicted octanol–water partition coefficient (Wildman–Crippen LogP) is 2.41. The van der Waals surface area contributed by atoms with Crippen LogP contribution in [0.5, 0.6) is 5.75 Å². The molecule has 220 valence electrons. The number of aromatic nitrogens is 4. The maximum absolute atomic E-state index is 13.0. The Bertz CT molecular complexity index is 1640. The number of thioether (sulfide) groups is 1. The summed E-state index contributed by atoms with van der Waals surface area (Å²) >= 11 is 2.49. The number of hydrogen-bond acceptors (Lipinski definition) is 11. The van der Waals surface area contributed by atoms with E-state index in [0.717, 1.165) is 0 Å². The normalized spacial score (nSPS) is 13.9. The van der Waals surface area contributed by atoms with Crippen molar-refractivity contribution < 1.29 is 27.5 Å². The van der Waals surface area contributed by atoms with E-state index in [4.69, 9.17) is 9.47 Å². The second-order valence-corrected chi connectivity index (χ2v) is 12.6. The molecule has 4 aromatic rings. The fraction of sp³-hybridized carbons (Fsp3) is 0.269. The number of rotatable bonds is 11. The summed E-state index contributed by atoms with van der Waals surface area (Å²) in [5.74, 6) is 0.340. The molecule has 42 heavy (non-hydrogen) atoms. The van der Waals surface area contributed by atoms with Gasteiger partial charge in [-0.15, -0.1) is 21.5 Å². The predicted molar refractivity (Wildman–Crippen MR) is 157 cm³/mol. The number of sulfonamides is 1. The van der Waals surface area contributed by atoms with E-state index in [9.17, 15) is 18.0 Å². The van der Waals surface area contributed by atoms with E-state index in [1.165, 1.54) is 51.7 Å². The lowest BCUT2D eigenvalue weighted by Gasteiger charge is -2.26. The second kappa shape index (κ2) is 13.4. The van der Waals surface area contributed by atoms with Gasteiger partial charge >= 0.3 is 0 Å². The number of carbonyl (C=O) groups is 2. The first kappa shape index (κ1) is 29.7. The third-order valence-corrected chi connectivity index (χ3v) is 9.70. The maximum atomic E-state index is 13.0. The van der Waals surface area contributed by atoms with Gasteiger partial charge < -0.3 is 20.1 Å². The number of nitrogens with zero attached hydrogens (tertiary/aromatic N) is 5. The van der Waals surface area contributed by atoms with Gasteiger partial charge in [-0.1, -0.05) is 23.9 Å². The van der Waals surface area contributed by atoms with Crippen LogP contribution in [0, 0.1) is 0 Å². The topological polar surface area (TPSA) is 158 Å². The molecule has 0 aliphatic carbocycles. The van der Waals surface area contributed by atoms with Crippen molar-refractivity contribution in [3.8, 4) is 11.4 Å². The number of anilines is 1. The Balaban J connectivity index is 1.30. The van der Waals surface area contributed by atoms with Gasteiger partial charge in [-0.05, 0) is 36.4 Å². The molecular formula is C26H27N7O6S3. The SMILES string of the molecule is COc1ccccc1-n1c(CNC(=O)c2ccc(S(=O)(=O)N3CCOCC3)cc2)nnc1SCC(=O)Nc1nccs1. The molecule has 1 aliphatic rings. The number of benzene rings is 2. The highest BCUT2D eigenvalue weighted by Crippen LogP contribution is 2.29. The fourth-order valence-corrected chi connectivity index (χ4v) is 6.83. The van der Waals surface area contributed by atoms with Crippen molar-refractivity contribution >= 4 is 50.1 Å². The molecule has 0 saturated carbocycles. The van der Waals surface area contributed by atoms with E-state index in [-0.39, 0.29) is 41.8 Å². The molecule has 0 unspecified atom stereocenters. The van der Waals surface area contributed by atoms with Gasteiger partial charge in [-0.25, -0.2) is 13.4 Å². The lowest BCUT2D eigenvalue weighted by molar-refractivity contribution is -0.113. The van der Waals surface area contributed by atoms with Gasteiger partial charge in [0, 0.05) is 30.2 Å². The maximum Gasteiger partial charge on any atom is 0.251 e. The minimum absolute atomic E-state index is 0.00355. The van der Waals surface area contributed by atoms with Crippen LogP contribution in [0.25, 0.3) is 5.69 Å². The van der Waals surface area contributed by atoms with Gasteiger partial charge in [0.2, 0.25) is 15.9 Å². The van der Waals surface area contributed by atoms with E-state index in [1.54, 1.807) is 29.3 Å². The number of ether oxygens (including phenoxy) is 2. The van der Waals surface area contributed by atoms with E-state index in [0.29, 0.717) is 40.8 Å². The molecule has 16 heteroatoms. The Morgan fingerprint density at radius 1 is 1.10 bits per heavy atom. The molecule has 0 radical (unpaired) electrons. The highest BCUT2D eigenvalue weighted by molar-refractivity contribution is 7.99. The first-order valence-electron chi connectivity index (χ1n) is 12.7. The Labute approximate surface area is 250 Å². The van der Waals surface area contributed by atoms with Crippen LogP contribution in [0.1, 0.15) is 16.2 Å². The molecular weight excluding hydrogens is 603 g/mol. The molecule has 5 rings (SSSR count). The number of morpholine rings is 1. The molecule has 0 atom stereocenters. The number of para-hydroxylation sites is 2. The zero-order valence-corrected chi connectivity index (χ0v) is 24.9. The average Bonchev–Trinajstić information content (AvgIpc) is 3.69. The summed E-state index contributed by atoms with van der Waals surface area (Å²) in [6.45, 7) is 1.27. The molecule has 1 fully saturated rings. The molecule has 13 nitrogen and oxygen atoms in total. The summed E-state index contributed by atoms with van der Waals surface area (Å²) in [4.78, 5) is 29.6. The quantitative estimate of drug-likeness (QED) is 0.236. The van der Waals surface area contributed by atoms with Crippen LogP contribution in [0.15, 0.2) is 70.2 Å². The van der Waals surface area contributed by atoms with Crippen LogP contribution in [0.4, 0.5) is 5.13 Å². The van der Waals surface area contributed by atoms with Gasteiger partial charge in [0.1, 0.15) is 5.75 Å². The minimum Gasteiger partial charge on any atom is -0.495 e. The van der Waals surface area contributed by atoms with Crippen LogP contribution < -0.4 is 15.4 Å². The Kier molecular flexibility index (Phi) is 9.48. The number of methoxy groups -OCH3 is 1. The number of amides is 2. The van der Waals surface area contributed by atoms with Gasteiger partial charge in [0.05, 0.1) is 43.2 Å². The van der Waals surface area contributed by atoms with Gasteiger partial charge in [-0.2, -0.15) is 4.31 Å². The zero-order chi connectivity index (χ0) is 29.5. The van der Waals surface area contributed by atoms with Crippen LogP contribution in [0.2, 0.25) is 0 Å². The molecule has 3 heterocycles. The summed E-state index contributed by atoms with van der Waals surface area (Å²) in [7, 11) is -2.13. The molecule has 2 aromatic carbocycles. The van der Waals surface area contributed by atoms with Crippen molar-refractivity contribution in [2.75, 3.05) is 44.5 Å². The van der Waals surface area contributed by atoms with Gasteiger partial charge in [-0.3, -0.25) is 14.2 Å². The third kappa shape index (κ3) is 6.79. The van der Waals surface area contributed by atoms with Crippen molar-refractivity contribution in [3.05, 3.63) is 71.5 Å². The number of nitrogens with one attached hydrogen (secondary N) is 2. The molecule has 1 saturated heterocycles. The van der Waals surface area contributed by atoms with E-state index >= 15 is 0 Å². The smallest absolute Gasteiger partial charge is 0.251 e. The Morgan fingerprint density at radius 2 is 1.86 bits per heavy atom. The minimum atomic E-state index is -3.67. The van der Waals surface area contributed by atoms with Crippen molar-refractivity contribution in [2.24, 2.45) is 0 Å². The average molecular weight is 630 g/mol. The lowest BCUT2D eigenvalue weighted by Crippen LogP contribution is -2.40. The Morgan fingerprint density at radius 3 is 2.57 bits per heavy atom. The summed E-state index contributed by atoms with van der Waals surface area (Å²) in [6, 6.07) is 13.0. The number of hydrogen-bond donors (Lipinski definition) is 2. The standard InChI is InChI=1S/C26H27N7O6S3/c1-38-21-5-3-2-4-20(21)33-22(30-31-26(33)41-17-23(34)29-25-27-10-15-40-25)16-28-24(35)18-6-8-19(9-7-18)42(36,37)32-11-13-39-14-12-32/h2-10,15H,11-14,16-17H2,1H3,(H,28,35)(H,27,29,34). The van der Waals surface area contributed by atoms with E-state index in [2.05, 4.69) is 25.8 Å². The second-order valence-electron chi connectivity index (χ2n) is 8.80. The zero-order valence-electron chi connectivity index (χ0n) is 22.4. The summed E-state index contributed by atoms with van der Waals surface area (Å²) < 4.78 is 39.6. The monoisotopic (exact) mass is 629 g/mol. The molecule has 1 aliphatic heterocycles. The summed E-state index contributed by atoms with van der Waals surface area (Å²) in [6.07, 6.45) is 1.61. The number of thiazole rings is 1. The van der Waals surface area contributed by atoms with E-state index in [1.807, 2.05) is 18.2 Å². The highest BCUT2D eigenvalue weighted by atomic mass is 32.2. The van der Waals surface area contributed by atoms with Crippen LogP contribution in [0.3, 0.4) is 0 Å². The van der Waals surface area contributed by atoms with Crippen molar-refractivity contribution in [1.82, 2.24) is 29.4 Å². The van der Waals surface area contributed by atoms with Crippen molar-refractivity contribution in [3.63, 3.8) is 0 Å². The molecule has 0 spiro atoms. The van der Waals surface area contributed by atoms with Crippen LogP contribution in [-0.2, 0) is 26.1 Å².